The Kier molecular flexibility index (Phi) is 4.15. The highest BCUT2D eigenvalue weighted by atomic mass is 79.9. The largest absolute Gasteiger partial charge is 0.345 e. The molecule has 0 aromatic carbocycles. The molecule has 0 unspecified atom stereocenters. The number of hydrogen-bond acceptors (Lipinski definition) is 2. The summed E-state index contributed by atoms with van der Waals surface area (Å²) in [6.07, 6.45) is 1.49. The zero-order chi connectivity index (χ0) is 11.5. The van der Waals surface area contributed by atoms with Crippen molar-refractivity contribution in [1.82, 2.24) is 10.3 Å². The third-order valence-corrected chi connectivity index (χ3v) is 2.37. The first kappa shape index (κ1) is 12.5. The molecule has 1 aromatic heterocycles. The average molecular weight is 344 g/mol. The summed E-state index contributed by atoms with van der Waals surface area (Å²) in [6, 6.07) is 3.03. The Hall–Kier alpha value is -0.560. The number of carbonyl (C=O) groups is 1. The van der Waals surface area contributed by atoms with Crippen LogP contribution in [-0.4, -0.2) is 22.3 Å². The first-order valence-electron chi connectivity index (χ1n) is 3.85. The van der Waals surface area contributed by atoms with Crippen molar-refractivity contribution in [2.24, 2.45) is 0 Å². The molecule has 0 saturated heterocycles. The van der Waals surface area contributed by atoms with Gasteiger partial charge in [0.05, 0.1) is 12.1 Å². The second-order valence-electron chi connectivity index (χ2n) is 2.64. The molecule has 1 aromatic rings. The van der Waals surface area contributed by atoms with Crippen LogP contribution in [0.25, 0.3) is 0 Å². The molecule has 15 heavy (non-hydrogen) atoms. The van der Waals surface area contributed by atoms with E-state index >= 15 is 0 Å². The number of carbonyl (C=O) groups excluding carboxylic acids is 1. The van der Waals surface area contributed by atoms with Crippen LogP contribution < -0.4 is 5.32 Å². The molecule has 0 aliphatic rings. The Balaban J connectivity index is 2.66. The number of hydrogen-bond donors (Lipinski definition) is 1. The molecule has 3 nitrogen and oxygen atoms in total. The standard InChI is InChI=1S/C8H6Br2F2N2O/c9-6-5(2-1-3-13-6)7(15)14-4-8(10,11)12/h1-3H,4H2,(H,14,15). The van der Waals surface area contributed by atoms with Gasteiger partial charge in [0.2, 0.25) is 0 Å². The molecule has 0 fully saturated rings. The number of rotatable bonds is 3. The van der Waals surface area contributed by atoms with Gasteiger partial charge in [-0.1, -0.05) is 0 Å². The van der Waals surface area contributed by atoms with Gasteiger partial charge in [0, 0.05) is 6.20 Å². The second kappa shape index (κ2) is 4.98. The van der Waals surface area contributed by atoms with Crippen LogP contribution in [0.2, 0.25) is 0 Å². The minimum Gasteiger partial charge on any atom is -0.345 e. The topological polar surface area (TPSA) is 42.0 Å². The minimum atomic E-state index is -3.10. The molecular formula is C8H6Br2F2N2O. The third kappa shape index (κ3) is 4.21. The number of pyridine rings is 1. The quantitative estimate of drug-likeness (QED) is 0.677. The zero-order valence-corrected chi connectivity index (χ0v) is 10.5. The molecule has 1 N–H and O–H groups in total. The maximum Gasteiger partial charge on any atom is 0.318 e. The van der Waals surface area contributed by atoms with Crippen molar-refractivity contribution in [3.63, 3.8) is 0 Å². The van der Waals surface area contributed by atoms with Crippen molar-refractivity contribution in [1.29, 1.82) is 0 Å². The van der Waals surface area contributed by atoms with Gasteiger partial charge in [-0.05, 0) is 44.0 Å². The van der Waals surface area contributed by atoms with Gasteiger partial charge in [0.15, 0.2) is 0 Å². The van der Waals surface area contributed by atoms with Crippen LogP contribution in [0.5, 0.6) is 0 Å². The molecule has 1 amide bonds. The Bertz CT molecular complexity index is 368. The normalized spacial score (nSPS) is 11.2. The average Bonchev–Trinajstić information content (AvgIpc) is 2.14. The molecule has 0 aliphatic heterocycles. The van der Waals surface area contributed by atoms with Crippen molar-refractivity contribution in [3.8, 4) is 0 Å². The van der Waals surface area contributed by atoms with E-state index in [0.29, 0.717) is 4.60 Å². The number of nitrogens with zero attached hydrogens (tertiary/aromatic N) is 1. The number of amides is 1. The van der Waals surface area contributed by atoms with Crippen LogP contribution in [0.4, 0.5) is 8.78 Å². The van der Waals surface area contributed by atoms with Gasteiger partial charge in [0.25, 0.3) is 5.91 Å². The zero-order valence-electron chi connectivity index (χ0n) is 7.31. The highest BCUT2D eigenvalue weighted by molar-refractivity contribution is 9.10. The summed E-state index contributed by atoms with van der Waals surface area (Å²) in [6.45, 7) is -0.771. The number of nitrogens with one attached hydrogen (secondary N) is 1. The lowest BCUT2D eigenvalue weighted by Gasteiger charge is -2.10. The summed E-state index contributed by atoms with van der Waals surface area (Å²) < 4.78 is 25.1. The second-order valence-corrected chi connectivity index (χ2v) is 4.55. The Morgan fingerprint density at radius 1 is 1.60 bits per heavy atom. The van der Waals surface area contributed by atoms with Crippen molar-refractivity contribution < 1.29 is 13.6 Å². The highest BCUT2D eigenvalue weighted by Gasteiger charge is 2.25. The van der Waals surface area contributed by atoms with E-state index in [4.69, 9.17) is 0 Å². The van der Waals surface area contributed by atoms with Crippen molar-refractivity contribution in [2.45, 2.75) is 4.83 Å². The highest BCUT2D eigenvalue weighted by Crippen LogP contribution is 2.20. The Morgan fingerprint density at radius 3 is 2.80 bits per heavy atom. The molecule has 0 atom stereocenters. The van der Waals surface area contributed by atoms with Gasteiger partial charge in [-0.3, -0.25) is 4.79 Å². The van der Waals surface area contributed by atoms with E-state index < -0.39 is 17.3 Å². The Labute approximate surface area is 102 Å². The van der Waals surface area contributed by atoms with Gasteiger partial charge >= 0.3 is 4.83 Å². The van der Waals surface area contributed by atoms with Crippen LogP contribution in [-0.2, 0) is 0 Å². The molecule has 0 bridgehead atoms. The van der Waals surface area contributed by atoms with Gasteiger partial charge in [-0.25, -0.2) is 4.98 Å². The maximum absolute atomic E-state index is 12.4. The van der Waals surface area contributed by atoms with Gasteiger partial charge in [-0.15, -0.1) is 0 Å². The van der Waals surface area contributed by atoms with E-state index in [9.17, 15) is 13.6 Å². The van der Waals surface area contributed by atoms with Crippen LogP contribution in [0.3, 0.4) is 0 Å². The fourth-order valence-corrected chi connectivity index (χ4v) is 1.40. The first-order chi connectivity index (χ1) is 6.90. The van der Waals surface area contributed by atoms with E-state index in [2.05, 4.69) is 42.2 Å². The molecule has 0 aliphatic carbocycles. The molecule has 0 radical (unpaired) electrons. The molecule has 7 heteroatoms. The van der Waals surface area contributed by atoms with Gasteiger partial charge < -0.3 is 5.32 Å². The lowest BCUT2D eigenvalue weighted by molar-refractivity contribution is 0.0834. The third-order valence-electron chi connectivity index (χ3n) is 1.45. The number of aromatic nitrogens is 1. The summed E-state index contributed by atoms with van der Waals surface area (Å²) in [4.78, 5) is 12.1. The monoisotopic (exact) mass is 342 g/mol. The molecule has 1 heterocycles. The van der Waals surface area contributed by atoms with E-state index in [1.807, 2.05) is 0 Å². The van der Waals surface area contributed by atoms with Crippen LogP contribution in [0.1, 0.15) is 10.4 Å². The van der Waals surface area contributed by atoms with Crippen LogP contribution in [0.15, 0.2) is 22.9 Å². The van der Waals surface area contributed by atoms with Crippen molar-refractivity contribution >= 4 is 37.8 Å². The summed E-state index contributed by atoms with van der Waals surface area (Å²) in [5, 5.41) is 2.07. The van der Waals surface area contributed by atoms with Crippen LogP contribution >= 0.6 is 31.9 Å². The number of halogens is 4. The molecule has 1 rings (SSSR count). The summed E-state index contributed by atoms with van der Waals surface area (Å²) >= 11 is 5.17. The fourth-order valence-electron chi connectivity index (χ4n) is 0.831. The molecular weight excluding hydrogens is 338 g/mol. The first-order valence-corrected chi connectivity index (χ1v) is 5.44. The smallest absolute Gasteiger partial charge is 0.318 e. The van der Waals surface area contributed by atoms with E-state index in [1.54, 1.807) is 6.07 Å². The van der Waals surface area contributed by atoms with E-state index in [-0.39, 0.29) is 5.56 Å². The maximum atomic E-state index is 12.4. The predicted octanol–water partition coefficient (Wildman–Crippen LogP) is 2.56. The Morgan fingerprint density at radius 2 is 2.27 bits per heavy atom. The molecule has 0 spiro atoms. The van der Waals surface area contributed by atoms with Crippen molar-refractivity contribution in [3.05, 3.63) is 28.5 Å². The van der Waals surface area contributed by atoms with Crippen molar-refractivity contribution in [2.75, 3.05) is 6.54 Å². The lowest BCUT2D eigenvalue weighted by Crippen LogP contribution is -2.33. The lowest BCUT2D eigenvalue weighted by atomic mass is 10.3. The molecule has 0 saturated carbocycles. The minimum absolute atomic E-state index is 0.217. The SMILES string of the molecule is O=C(NCC(F)(F)Br)c1cccnc1Br. The predicted molar refractivity (Wildman–Crippen MR) is 58.1 cm³/mol. The summed E-state index contributed by atoms with van der Waals surface area (Å²) in [7, 11) is 0. The van der Waals surface area contributed by atoms with Crippen LogP contribution in [0, 0.1) is 0 Å². The van der Waals surface area contributed by atoms with Gasteiger partial charge in [0.1, 0.15) is 4.60 Å². The summed E-state index contributed by atoms with van der Waals surface area (Å²) in [5.41, 5.74) is 0.217. The summed E-state index contributed by atoms with van der Waals surface area (Å²) in [5.74, 6) is -0.603. The van der Waals surface area contributed by atoms with Gasteiger partial charge in [-0.2, -0.15) is 8.78 Å². The van der Waals surface area contributed by atoms with E-state index in [1.165, 1.54) is 12.3 Å². The molecule has 82 valence electrons. The number of alkyl halides is 3. The van der Waals surface area contributed by atoms with E-state index in [0.717, 1.165) is 0 Å². The fraction of sp³-hybridized carbons (Fsp3) is 0.250.